The summed E-state index contributed by atoms with van der Waals surface area (Å²) in [6, 6.07) is -0.847. The van der Waals surface area contributed by atoms with Crippen LogP contribution in [0.2, 0.25) is 0 Å². The van der Waals surface area contributed by atoms with E-state index in [0.717, 1.165) is 0 Å². The molecule has 1 aromatic carbocycles. The highest BCUT2D eigenvalue weighted by molar-refractivity contribution is 7.89. The van der Waals surface area contributed by atoms with Crippen molar-refractivity contribution in [1.29, 1.82) is 0 Å². The van der Waals surface area contributed by atoms with Crippen LogP contribution in [0.25, 0.3) is 0 Å². The Balaban J connectivity index is 0.00000200. The van der Waals surface area contributed by atoms with Gasteiger partial charge in [-0.25, -0.2) is 30.7 Å². The van der Waals surface area contributed by atoms with Gasteiger partial charge in [0.25, 0.3) is 0 Å². The minimum atomic E-state index is -4.69. The predicted molar refractivity (Wildman–Crippen MR) is 64.8 cm³/mol. The van der Waals surface area contributed by atoms with Gasteiger partial charge in [-0.15, -0.1) is 12.4 Å². The van der Waals surface area contributed by atoms with Crippen molar-refractivity contribution in [3.05, 3.63) is 29.3 Å². The maximum atomic E-state index is 13.4. The molecule has 1 aliphatic carbocycles. The monoisotopic (exact) mass is 334 g/mol. The summed E-state index contributed by atoms with van der Waals surface area (Å²) in [6.07, 6.45) is 0.584. The molecule has 10 heteroatoms. The van der Waals surface area contributed by atoms with Gasteiger partial charge in [0.05, 0.1) is 0 Å². The van der Waals surface area contributed by atoms with E-state index in [0.29, 0.717) is 12.8 Å². The Kier molecular flexibility index (Phi) is 5.01. The van der Waals surface area contributed by atoms with Crippen LogP contribution in [0.3, 0.4) is 0 Å². The lowest BCUT2D eigenvalue weighted by atomic mass is 9.89. The summed E-state index contributed by atoms with van der Waals surface area (Å²) in [5.74, 6) is -7.45. The van der Waals surface area contributed by atoms with E-state index in [9.17, 15) is 26.0 Å². The summed E-state index contributed by atoms with van der Waals surface area (Å²) in [5, 5.41) is 0. The summed E-state index contributed by atoms with van der Waals surface area (Å²) < 4.78 is 78.0. The summed E-state index contributed by atoms with van der Waals surface area (Å²) >= 11 is 0. The molecule has 0 bridgehead atoms. The van der Waals surface area contributed by atoms with Crippen LogP contribution < -0.4 is 10.5 Å². The number of sulfonamides is 1. The zero-order valence-electron chi connectivity index (χ0n) is 9.87. The third-order valence-corrected chi connectivity index (χ3v) is 4.38. The SMILES string of the molecule is Cl.NC1CC(NS(=O)(=O)c2c(F)c(F)cc(F)c2F)C1. The Labute approximate surface area is 118 Å². The van der Waals surface area contributed by atoms with Crippen molar-refractivity contribution in [1.82, 2.24) is 4.72 Å². The first-order valence-electron chi connectivity index (χ1n) is 5.33. The molecular weight excluding hydrogens is 324 g/mol. The van der Waals surface area contributed by atoms with Crippen molar-refractivity contribution >= 4 is 22.4 Å². The zero-order chi connectivity index (χ0) is 14.4. The van der Waals surface area contributed by atoms with Crippen LogP contribution >= 0.6 is 12.4 Å². The summed E-state index contributed by atoms with van der Waals surface area (Å²) in [7, 11) is -4.69. The first-order chi connectivity index (χ1) is 8.72. The Morgan fingerprint density at radius 2 is 1.55 bits per heavy atom. The number of halogens is 5. The van der Waals surface area contributed by atoms with Gasteiger partial charge in [0.2, 0.25) is 10.0 Å². The molecule has 0 aliphatic heterocycles. The summed E-state index contributed by atoms with van der Waals surface area (Å²) in [6.45, 7) is 0. The Bertz CT molecular complexity index is 594. The first kappa shape index (κ1) is 17.2. The largest absolute Gasteiger partial charge is 0.328 e. The van der Waals surface area contributed by atoms with E-state index in [1.807, 2.05) is 4.72 Å². The third kappa shape index (κ3) is 3.05. The second-order valence-corrected chi connectivity index (χ2v) is 6.00. The molecule has 1 aromatic rings. The number of hydrogen-bond donors (Lipinski definition) is 2. The van der Waals surface area contributed by atoms with Gasteiger partial charge in [0, 0.05) is 18.2 Å². The Morgan fingerprint density at radius 1 is 1.10 bits per heavy atom. The lowest BCUT2D eigenvalue weighted by molar-refractivity contribution is 0.325. The fourth-order valence-corrected chi connectivity index (χ4v) is 3.24. The second kappa shape index (κ2) is 5.84. The lowest BCUT2D eigenvalue weighted by Gasteiger charge is -2.32. The molecule has 1 saturated carbocycles. The molecule has 20 heavy (non-hydrogen) atoms. The molecule has 0 saturated heterocycles. The topological polar surface area (TPSA) is 72.2 Å². The quantitative estimate of drug-likeness (QED) is 0.649. The molecule has 0 amide bonds. The minimum Gasteiger partial charge on any atom is -0.328 e. The highest BCUT2D eigenvalue weighted by atomic mass is 35.5. The van der Waals surface area contributed by atoms with E-state index in [2.05, 4.69) is 0 Å². The van der Waals surface area contributed by atoms with Gasteiger partial charge in [-0.3, -0.25) is 0 Å². The van der Waals surface area contributed by atoms with Crippen molar-refractivity contribution < 1.29 is 26.0 Å². The number of hydrogen-bond acceptors (Lipinski definition) is 3. The molecule has 0 unspecified atom stereocenters. The number of benzene rings is 1. The molecule has 1 fully saturated rings. The van der Waals surface area contributed by atoms with Crippen LogP contribution in [0.5, 0.6) is 0 Å². The van der Waals surface area contributed by atoms with Crippen molar-refractivity contribution in [2.45, 2.75) is 29.8 Å². The highest BCUT2D eigenvalue weighted by Crippen LogP contribution is 2.26. The van der Waals surface area contributed by atoms with Gasteiger partial charge < -0.3 is 5.73 Å². The fourth-order valence-electron chi connectivity index (χ4n) is 1.82. The molecule has 0 heterocycles. The predicted octanol–water partition coefficient (Wildman–Crippen LogP) is 1.43. The molecule has 0 radical (unpaired) electrons. The molecule has 0 atom stereocenters. The Morgan fingerprint density at radius 3 is 1.95 bits per heavy atom. The van der Waals surface area contributed by atoms with Crippen molar-refractivity contribution in [3.63, 3.8) is 0 Å². The van der Waals surface area contributed by atoms with Gasteiger partial charge in [-0.1, -0.05) is 0 Å². The van der Waals surface area contributed by atoms with E-state index in [-0.39, 0.29) is 24.5 Å². The zero-order valence-corrected chi connectivity index (χ0v) is 11.5. The number of nitrogens with one attached hydrogen (secondary N) is 1. The minimum absolute atomic E-state index is 0. The fraction of sp³-hybridized carbons (Fsp3) is 0.400. The van der Waals surface area contributed by atoms with Gasteiger partial charge >= 0.3 is 0 Å². The average Bonchev–Trinajstić information content (AvgIpc) is 2.24. The molecule has 114 valence electrons. The average molecular weight is 335 g/mol. The van der Waals surface area contributed by atoms with Gasteiger partial charge in [-0.05, 0) is 12.8 Å². The molecule has 0 spiro atoms. The highest BCUT2D eigenvalue weighted by Gasteiger charge is 2.35. The normalized spacial score (nSPS) is 22.1. The van der Waals surface area contributed by atoms with Crippen LogP contribution in [0.4, 0.5) is 17.6 Å². The third-order valence-electron chi connectivity index (χ3n) is 2.84. The van der Waals surface area contributed by atoms with E-state index in [4.69, 9.17) is 5.73 Å². The van der Waals surface area contributed by atoms with Gasteiger partial charge in [0.1, 0.15) is 0 Å². The maximum absolute atomic E-state index is 13.4. The molecule has 4 nitrogen and oxygen atoms in total. The maximum Gasteiger partial charge on any atom is 0.246 e. The molecule has 0 aromatic heterocycles. The molecule has 2 rings (SSSR count). The summed E-state index contributed by atoms with van der Waals surface area (Å²) in [4.78, 5) is -1.65. The van der Waals surface area contributed by atoms with Crippen LogP contribution in [-0.4, -0.2) is 20.5 Å². The summed E-state index contributed by atoms with van der Waals surface area (Å²) in [5.41, 5.74) is 5.43. The number of nitrogens with two attached hydrogens (primary N) is 1. The van der Waals surface area contributed by atoms with Crippen LogP contribution in [0, 0.1) is 23.3 Å². The molecule has 3 N–H and O–H groups in total. The first-order valence-corrected chi connectivity index (χ1v) is 6.81. The van der Waals surface area contributed by atoms with Crippen LogP contribution in [0.15, 0.2) is 11.0 Å². The number of rotatable bonds is 3. The standard InChI is InChI=1S/C10H10F4N2O2S.ClH/c11-6-3-7(12)9(14)10(8(6)13)19(17,18)16-5-1-4(15)2-5;/h3-5,16H,1-2,15H2;1H. The molecule has 1 aliphatic rings. The van der Waals surface area contributed by atoms with E-state index < -0.39 is 44.2 Å². The smallest absolute Gasteiger partial charge is 0.246 e. The van der Waals surface area contributed by atoms with Crippen molar-refractivity contribution in [3.8, 4) is 0 Å². The molecular formula is C10H11ClF4N2O2S. The van der Waals surface area contributed by atoms with Crippen LogP contribution in [0.1, 0.15) is 12.8 Å². The van der Waals surface area contributed by atoms with E-state index in [1.54, 1.807) is 0 Å². The van der Waals surface area contributed by atoms with Crippen molar-refractivity contribution in [2.75, 3.05) is 0 Å². The van der Waals surface area contributed by atoms with Crippen LogP contribution in [-0.2, 0) is 10.0 Å². The van der Waals surface area contributed by atoms with E-state index >= 15 is 0 Å². The van der Waals surface area contributed by atoms with E-state index in [1.165, 1.54) is 0 Å². The lowest BCUT2D eigenvalue weighted by Crippen LogP contribution is -2.50. The Hall–Kier alpha value is -0.900. The van der Waals surface area contributed by atoms with Crippen molar-refractivity contribution in [2.24, 2.45) is 5.73 Å². The van der Waals surface area contributed by atoms with Gasteiger partial charge in [0.15, 0.2) is 28.2 Å². The second-order valence-electron chi connectivity index (χ2n) is 4.35. The van der Waals surface area contributed by atoms with Gasteiger partial charge in [-0.2, -0.15) is 0 Å².